The predicted molar refractivity (Wildman–Crippen MR) is 81.6 cm³/mol. The van der Waals surface area contributed by atoms with Crippen molar-refractivity contribution in [2.45, 2.75) is 38.6 Å². The van der Waals surface area contributed by atoms with E-state index in [2.05, 4.69) is 55.5 Å². The highest BCUT2D eigenvalue weighted by atomic mass is 14.8. The third kappa shape index (κ3) is 2.56. The molecule has 19 heavy (non-hydrogen) atoms. The van der Waals surface area contributed by atoms with Crippen molar-refractivity contribution in [3.63, 3.8) is 0 Å². The lowest BCUT2D eigenvalue weighted by Crippen LogP contribution is -2.11. The van der Waals surface area contributed by atoms with E-state index in [0.29, 0.717) is 12.0 Å². The van der Waals surface area contributed by atoms with Crippen LogP contribution in [-0.2, 0) is 0 Å². The standard InChI is InChI=1S/C18H21N/c1-2-14-13-17(15-9-5-3-6-10-15)19-18(14)16-11-7-4-8-12-16/h4-5,7-12,14,17H,2-3,6,13H2,1H3. The average Bonchev–Trinajstić information content (AvgIpc) is 2.93. The van der Waals surface area contributed by atoms with Gasteiger partial charge in [0.25, 0.3) is 0 Å². The quantitative estimate of drug-likeness (QED) is 0.747. The van der Waals surface area contributed by atoms with Crippen molar-refractivity contribution in [1.82, 2.24) is 0 Å². The molecule has 0 radical (unpaired) electrons. The van der Waals surface area contributed by atoms with E-state index < -0.39 is 0 Å². The summed E-state index contributed by atoms with van der Waals surface area (Å²) in [5, 5.41) is 0. The molecule has 0 bridgehead atoms. The molecule has 0 spiro atoms. The van der Waals surface area contributed by atoms with Gasteiger partial charge in [-0.05, 0) is 36.8 Å². The second-order valence-electron chi connectivity index (χ2n) is 5.42. The van der Waals surface area contributed by atoms with E-state index >= 15 is 0 Å². The second kappa shape index (κ2) is 5.56. The van der Waals surface area contributed by atoms with Gasteiger partial charge in [-0.25, -0.2) is 0 Å². The Bertz CT molecular complexity index is 522. The van der Waals surface area contributed by atoms with Gasteiger partial charge in [-0.2, -0.15) is 0 Å². The fourth-order valence-electron chi connectivity index (χ4n) is 3.08. The minimum absolute atomic E-state index is 0.386. The Balaban J connectivity index is 1.89. The SMILES string of the molecule is CCC1CC(C2=CCCC=C2)N=C1c1ccccc1. The first-order valence-electron chi connectivity index (χ1n) is 7.38. The molecule has 0 saturated carbocycles. The lowest BCUT2D eigenvalue weighted by atomic mass is 9.90. The molecule has 1 aliphatic heterocycles. The highest BCUT2D eigenvalue weighted by molar-refractivity contribution is 6.03. The molecule has 0 fully saturated rings. The third-order valence-electron chi connectivity index (χ3n) is 4.16. The molecular weight excluding hydrogens is 230 g/mol. The molecule has 0 N–H and O–H groups in total. The van der Waals surface area contributed by atoms with E-state index in [1.165, 1.54) is 42.5 Å². The molecule has 0 saturated heterocycles. The van der Waals surface area contributed by atoms with Crippen molar-refractivity contribution >= 4 is 5.71 Å². The van der Waals surface area contributed by atoms with Gasteiger partial charge >= 0.3 is 0 Å². The molecule has 2 aliphatic rings. The topological polar surface area (TPSA) is 12.4 Å². The summed E-state index contributed by atoms with van der Waals surface area (Å²) in [4.78, 5) is 5.03. The minimum Gasteiger partial charge on any atom is -0.281 e. The van der Waals surface area contributed by atoms with E-state index in [0.717, 1.165) is 0 Å². The van der Waals surface area contributed by atoms with Gasteiger partial charge < -0.3 is 0 Å². The summed E-state index contributed by atoms with van der Waals surface area (Å²) in [6, 6.07) is 11.1. The molecule has 2 atom stereocenters. The normalized spacial score (nSPS) is 26.2. The number of allylic oxidation sites excluding steroid dienone is 2. The van der Waals surface area contributed by atoms with Gasteiger partial charge in [0.2, 0.25) is 0 Å². The zero-order chi connectivity index (χ0) is 13.1. The first-order valence-corrected chi connectivity index (χ1v) is 7.38. The Morgan fingerprint density at radius 2 is 2.00 bits per heavy atom. The Hall–Kier alpha value is -1.63. The van der Waals surface area contributed by atoms with Crippen LogP contribution in [0.15, 0.2) is 59.1 Å². The molecule has 1 aliphatic carbocycles. The van der Waals surface area contributed by atoms with E-state index in [4.69, 9.17) is 4.99 Å². The zero-order valence-corrected chi connectivity index (χ0v) is 11.5. The molecule has 3 rings (SSSR count). The van der Waals surface area contributed by atoms with Crippen LogP contribution in [0, 0.1) is 5.92 Å². The molecule has 1 heterocycles. The zero-order valence-electron chi connectivity index (χ0n) is 11.5. The Morgan fingerprint density at radius 1 is 1.16 bits per heavy atom. The van der Waals surface area contributed by atoms with Crippen LogP contribution < -0.4 is 0 Å². The number of hydrogen-bond donors (Lipinski definition) is 0. The fraction of sp³-hybridized carbons (Fsp3) is 0.389. The summed E-state index contributed by atoms with van der Waals surface area (Å²) in [6.07, 6.45) is 11.6. The van der Waals surface area contributed by atoms with Crippen molar-refractivity contribution in [2.24, 2.45) is 10.9 Å². The van der Waals surface area contributed by atoms with Crippen LogP contribution >= 0.6 is 0 Å². The Kier molecular flexibility index (Phi) is 3.63. The monoisotopic (exact) mass is 251 g/mol. The first kappa shape index (κ1) is 12.4. The van der Waals surface area contributed by atoms with Crippen LogP contribution in [0.4, 0.5) is 0 Å². The highest BCUT2D eigenvalue weighted by Gasteiger charge is 2.29. The summed E-state index contributed by atoms with van der Waals surface area (Å²) in [6.45, 7) is 2.27. The lowest BCUT2D eigenvalue weighted by molar-refractivity contribution is 0.603. The van der Waals surface area contributed by atoms with Crippen LogP contribution in [0.1, 0.15) is 38.2 Å². The summed E-state index contributed by atoms with van der Waals surface area (Å²) >= 11 is 0. The van der Waals surface area contributed by atoms with Gasteiger partial charge in [0.05, 0.1) is 6.04 Å². The van der Waals surface area contributed by atoms with Crippen LogP contribution in [0.2, 0.25) is 0 Å². The van der Waals surface area contributed by atoms with E-state index in [9.17, 15) is 0 Å². The first-order chi connectivity index (χ1) is 9.38. The molecule has 1 heteroatoms. The molecular formula is C18H21N. The minimum atomic E-state index is 0.386. The summed E-state index contributed by atoms with van der Waals surface area (Å²) in [5.74, 6) is 0.614. The molecule has 0 amide bonds. The van der Waals surface area contributed by atoms with Crippen molar-refractivity contribution < 1.29 is 0 Å². The maximum Gasteiger partial charge on any atom is 0.0755 e. The molecule has 1 nitrogen and oxygen atoms in total. The largest absolute Gasteiger partial charge is 0.281 e. The van der Waals surface area contributed by atoms with Crippen molar-refractivity contribution in [3.8, 4) is 0 Å². The van der Waals surface area contributed by atoms with Crippen LogP contribution in [-0.4, -0.2) is 11.8 Å². The Morgan fingerprint density at radius 3 is 2.68 bits per heavy atom. The van der Waals surface area contributed by atoms with Crippen molar-refractivity contribution in [2.75, 3.05) is 0 Å². The molecule has 98 valence electrons. The van der Waals surface area contributed by atoms with Crippen LogP contribution in [0.5, 0.6) is 0 Å². The van der Waals surface area contributed by atoms with E-state index in [1.54, 1.807) is 0 Å². The van der Waals surface area contributed by atoms with Gasteiger partial charge in [-0.3, -0.25) is 4.99 Å². The van der Waals surface area contributed by atoms with Crippen LogP contribution in [0.25, 0.3) is 0 Å². The molecule has 1 aromatic rings. The van der Waals surface area contributed by atoms with Gasteiger partial charge in [0.15, 0.2) is 0 Å². The number of rotatable bonds is 3. The summed E-state index contributed by atoms with van der Waals surface area (Å²) in [7, 11) is 0. The van der Waals surface area contributed by atoms with Gasteiger partial charge in [-0.15, -0.1) is 0 Å². The van der Waals surface area contributed by atoms with E-state index in [-0.39, 0.29) is 0 Å². The number of benzene rings is 1. The fourth-order valence-corrected chi connectivity index (χ4v) is 3.08. The predicted octanol–water partition coefficient (Wildman–Crippen LogP) is 4.55. The maximum absolute atomic E-state index is 5.03. The number of hydrogen-bond acceptors (Lipinski definition) is 1. The van der Waals surface area contributed by atoms with Crippen molar-refractivity contribution in [1.29, 1.82) is 0 Å². The van der Waals surface area contributed by atoms with Crippen molar-refractivity contribution in [3.05, 3.63) is 59.7 Å². The highest BCUT2D eigenvalue weighted by Crippen LogP contribution is 2.32. The number of aliphatic imine (C=N–C) groups is 1. The van der Waals surface area contributed by atoms with Gasteiger partial charge in [-0.1, -0.05) is 55.5 Å². The summed E-state index contributed by atoms with van der Waals surface area (Å²) in [5.41, 5.74) is 4.04. The average molecular weight is 251 g/mol. The smallest absolute Gasteiger partial charge is 0.0755 e. The van der Waals surface area contributed by atoms with Gasteiger partial charge in [0, 0.05) is 11.6 Å². The molecule has 2 unspecified atom stereocenters. The van der Waals surface area contributed by atoms with Gasteiger partial charge in [0.1, 0.15) is 0 Å². The summed E-state index contributed by atoms with van der Waals surface area (Å²) < 4.78 is 0. The lowest BCUT2D eigenvalue weighted by Gasteiger charge is -2.13. The van der Waals surface area contributed by atoms with Crippen LogP contribution in [0.3, 0.4) is 0 Å². The maximum atomic E-state index is 5.03. The second-order valence-corrected chi connectivity index (χ2v) is 5.42. The molecule has 1 aromatic carbocycles. The van der Waals surface area contributed by atoms with E-state index in [1.807, 2.05) is 0 Å². The number of nitrogens with zero attached hydrogens (tertiary/aromatic N) is 1. The Labute approximate surface area is 115 Å². The third-order valence-corrected chi connectivity index (χ3v) is 4.16. The molecule has 0 aromatic heterocycles.